The van der Waals surface area contributed by atoms with E-state index in [-0.39, 0.29) is 5.69 Å². The van der Waals surface area contributed by atoms with Crippen molar-refractivity contribution in [3.05, 3.63) is 27.6 Å². The van der Waals surface area contributed by atoms with Crippen molar-refractivity contribution >= 4 is 39.1 Å². The smallest absolute Gasteiger partial charge is 0.356 e. The Balaban J connectivity index is 2.66. The average molecular weight is 291 g/mol. The Morgan fingerprint density at radius 3 is 3.00 bits per heavy atom. The van der Waals surface area contributed by atoms with Gasteiger partial charge in [-0.3, -0.25) is 0 Å². The molecule has 0 saturated heterocycles. The first-order chi connectivity index (χ1) is 7.11. The van der Waals surface area contributed by atoms with E-state index in [1.54, 1.807) is 6.07 Å². The first kappa shape index (κ1) is 10.4. The van der Waals surface area contributed by atoms with Crippen LogP contribution < -0.4 is 0 Å². The van der Waals surface area contributed by atoms with Crippen LogP contribution in [0.1, 0.15) is 10.5 Å². The van der Waals surface area contributed by atoms with Gasteiger partial charge in [0.15, 0.2) is 11.3 Å². The summed E-state index contributed by atoms with van der Waals surface area (Å²) in [6, 6.07) is 3.05. The van der Waals surface area contributed by atoms with E-state index in [0.717, 1.165) is 0 Å². The fraction of sp³-hybridized carbons (Fsp3) is 0.125. The molecule has 0 N–H and O–H groups in total. The zero-order valence-electron chi connectivity index (χ0n) is 7.57. The summed E-state index contributed by atoms with van der Waals surface area (Å²) in [4.78, 5) is 15.3. The maximum atomic E-state index is 11.2. The van der Waals surface area contributed by atoms with Gasteiger partial charge in [0.05, 0.1) is 7.11 Å². The number of nitrogens with zero attached hydrogens (tertiary/aromatic N) is 3. The lowest BCUT2D eigenvalue weighted by molar-refractivity contribution is 0.0594. The van der Waals surface area contributed by atoms with Crippen LogP contribution in [0.25, 0.3) is 5.65 Å². The molecule has 2 heterocycles. The van der Waals surface area contributed by atoms with Crippen molar-refractivity contribution in [2.24, 2.45) is 0 Å². The van der Waals surface area contributed by atoms with Crippen molar-refractivity contribution in [3.63, 3.8) is 0 Å². The van der Waals surface area contributed by atoms with E-state index in [9.17, 15) is 4.79 Å². The molecule has 7 heteroatoms. The van der Waals surface area contributed by atoms with E-state index in [1.165, 1.54) is 17.7 Å². The topological polar surface area (TPSA) is 56.5 Å². The number of carbonyl (C=O) groups is 1. The zero-order chi connectivity index (χ0) is 11.0. The number of halogens is 2. The van der Waals surface area contributed by atoms with E-state index >= 15 is 0 Å². The van der Waals surface area contributed by atoms with Gasteiger partial charge in [-0.05, 0) is 15.9 Å². The van der Waals surface area contributed by atoms with Gasteiger partial charge in [-0.2, -0.15) is 5.10 Å². The summed E-state index contributed by atoms with van der Waals surface area (Å²) in [7, 11) is 1.29. The van der Waals surface area contributed by atoms with Crippen LogP contribution in [-0.2, 0) is 4.74 Å². The minimum absolute atomic E-state index is 0.155. The molecule has 0 radical (unpaired) electrons. The molecule has 0 bridgehead atoms. The van der Waals surface area contributed by atoms with Gasteiger partial charge in [-0.25, -0.2) is 14.3 Å². The van der Waals surface area contributed by atoms with E-state index in [0.29, 0.717) is 15.4 Å². The van der Waals surface area contributed by atoms with Crippen LogP contribution in [0.15, 0.2) is 16.7 Å². The normalized spacial score (nSPS) is 10.6. The lowest BCUT2D eigenvalue weighted by atomic mass is 10.4. The number of methoxy groups -OCH3 is 1. The minimum atomic E-state index is -0.531. The summed E-state index contributed by atoms with van der Waals surface area (Å²) in [5.74, 6) is -0.531. The summed E-state index contributed by atoms with van der Waals surface area (Å²) in [5, 5.41) is 4.32. The van der Waals surface area contributed by atoms with Crippen LogP contribution in [0.2, 0.25) is 5.15 Å². The second-order valence-electron chi connectivity index (χ2n) is 2.69. The highest BCUT2D eigenvalue weighted by atomic mass is 79.9. The molecular weight excluding hydrogens is 285 g/mol. The molecule has 5 nitrogen and oxygen atoms in total. The molecule has 0 aliphatic carbocycles. The Morgan fingerprint density at radius 1 is 1.60 bits per heavy atom. The van der Waals surface area contributed by atoms with E-state index in [1.807, 2.05) is 0 Å². The minimum Gasteiger partial charge on any atom is -0.464 e. The number of hydrogen-bond acceptors (Lipinski definition) is 4. The molecule has 15 heavy (non-hydrogen) atoms. The molecule has 0 atom stereocenters. The second kappa shape index (κ2) is 3.79. The summed E-state index contributed by atoms with van der Waals surface area (Å²) in [6.07, 6.45) is 0. The fourth-order valence-corrected chi connectivity index (χ4v) is 1.71. The van der Waals surface area contributed by atoms with Gasteiger partial charge in [0, 0.05) is 12.1 Å². The fourth-order valence-electron chi connectivity index (χ4n) is 1.12. The Hall–Kier alpha value is -1.14. The molecule has 2 rings (SSSR count). The average Bonchev–Trinajstić information content (AvgIpc) is 2.58. The van der Waals surface area contributed by atoms with Crippen molar-refractivity contribution < 1.29 is 9.53 Å². The largest absolute Gasteiger partial charge is 0.464 e. The lowest BCUT2D eigenvalue weighted by Gasteiger charge is -2.00. The maximum Gasteiger partial charge on any atom is 0.356 e. The van der Waals surface area contributed by atoms with Crippen molar-refractivity contribution in [2.75, 3.05) is 7.11 Å². The van der Waals surface area contributed by atoms with Gasteiger partial charge in [0.1, 0.15) is 9.76 Å². The van der Waals surface area contributed by atoms with Crippen molar-refractivity contribution in [1.82, 2.24) is 14.6 Å². The number of hydrogen-bond donors (Lipinski definition) is 0. The maximum absolute atomic E-state index is 11.2. The Kier molecular flexibility index (Phi) is 2.62. The van der Waals surface area contributed by atoms with E-state index in [4.69, 9.17) is 11.6 Å². The van der Waals surface area contributed by atoms with Crippen molar-refractivity contribution in [2.45, 2.75) is 0 Å². The van der Waals surface area contributed by atoms with Crippen molar-refractivity contribution in [3.8, 4) is 0 Å². The first-order valence-electron chi connectivity index (χ1n) is 3.92. The summed E-state index contributed by atoms with van der Waals surface area (Å²) >= 11 is 9.10. The number of esters is 1. The predicted molar refractivity (Wildman–Crippen MR) is 57.0 cm³/mol. The van der Waals surface area contributed by atoms with Crippen LogP contribution in [0, 0.1) is 0 Å². The van der Waals surface area contributed by atoms with Gasteiger partial charge in [0.25, 0.3) is 0 Å². The molecule has 0 spiro atoms. The summed E-state index contributed by atoms with van der Waals surface area (Å²) in [6.45, 7) is 0. The van der Waals surface area contributed by atoms with Gasteiger partial charge in [-0.15, -0.1) is 0 Å². The number of carbonyl (C=O) groups excluding carboxylic acids is 1. The molecule has 0 aliphatic rings. The third-order valence-electron chi connectivity index (χ3n) is 1.75. The van der Waals surface area contributed by atoms with Gasteiger partial charge in [-0.1, -0.05) is 11.6 Å². The molecule has 0 unspecified atom stereocenters. The Morgan fingerprint density at radius 2 is 2.33 bits per heavy atom. The predicted octanol–water partition coefficient (Wildman–Crippen LogP) is 1.93. The van der Waals surface area contributed by atoms with Crippen LogP contribution in [0.3, 0.4) is 0 Å². The Labute approximate surface area is 98.1 Å². The molecular formula is C8H5BrClN3O2. The van der Waals surface area contributed by atoms with Gasteiger partial charge in [0.2, 0.25) is 0 Å². The van der Waals surface area contributed by atoms with Crippen LogP contribution >= 0.6 is 27.5 Å². The summed E-state index contributed by atoms with van der Waals surface area (Å²) in [5.41, 5.74) is 0.636. The first-order valence-corrected chi connectivity index (χ1v) is 5.09. The SMILES string of the molecule is COC(=O)c1cc(Cl)n2nc(Br)cc2n1. The van der Waals surface area contributed by atoms with Crippen LogP contribution in [0.5, 0.6) is 0 Å². The third kappa shape index (κ3) is 1.82. The quantitative estimate of drug-likeness (QED) is 0.595. The van der Waals surface area contributed by atoms with E-state index in [2.05, 4.69) is 30.7 Å². The van der Waals surface area contributed by atoms with E-state index < -0.39 is 5.97 Å². The summed E-state index contributed by atoms with van der Waals surface area (Å²) < 4.78 is 6.56. The van der Waals surface area contributed by atoms with Gasteiger partial charge >= 0.3 is 5.97 Å². The number of fused-ring (bicyclic) bond motifs is 1. The monoisotopic (exact) mass is 289 g/mol. The van der Waals surface area contributed by atoms with Crippen LogP contribution in [0.4, 0.5) is 0 Å². The molecule has 2 aromatic heterocycles. The number of rotatable bonds is 1. The standard InChI is InChI=1S/C8H5BrClN3O2/c1-15-8(14)4-2-6(10)13-7(11-4)3-5(9)12-13/h2-3H,1H3. The highest BCUT2D eigenvalue weighted by Gasteiger charge is 2.12. The second-order valence-corrected chi connectivity index (χ2v) is 3.89. The Bertz CT molecular complexity index is 540. The number of ether oxygens (including phenoxy) is 1. The van der Waals surface area contributed by atoms with Crippen LogP contribution in [-0.4, -0.2) is 27.7 Å². The molecule has 2 aromatic rings. The lowest BCUT2D eigenvalue weighted by Crippen LogP contribution is -2.06. The molecule has 0 amide bonds. The van der Waals surface area contributed by atoms with Gasteiger partial charge < -0.3 is 4.74 Å². The molecule has 0 aromatic carbocycles. The highest BCUT2D eigenvalue weighted by molar-refractivity contribution is 9.10. The van der Waals surface area contributed by atoms with Crippen molar-refractivity contribution in [1.29, 1.82) is 0 Å². The highest BCUT2D eigenvalue weighted by Crippen LogP contribution is 2.17. The zero-order valence-corrected chi connectivity index (χ0v) is 9.91. The molecule has 0 fully saturated rings. The molecule has 0 saturated carbocycles. The molecule has 0 aliphatic heterocycles. The molecule has 78 valence electrons. The number of aromatic nitrogens is 3. The third-order valence-corrected chi connectivity index (χ3v) is 2.41.